The van der Waals surface area contributed by atoms with Crippen LogP contribution < -0.4 is 4.72 Å². The molecule has 1 aliphatic heterocycles. The summed E-state index contributed by atoms with van der Waals surface area (Å²) < 4.78 is 31.4. The van der Waals surface area contributed by atoms with Crippen molar-refractivity contribution in [2.75, 3.05) is 7.11 Å². The molecular weight excluding hydrogens is 296 g/mol. The minimum Gasteiger partial charge on any atom is -0.467 e. The third kappa shape index (κ3) is 3.06. The second-order valence-corrected chi connectivity index (χ2v) is 6.28. The van der Waals surface area contributed by atoms with Gasteiger partial charge in [-0.1, -0.05) is 30.3 Å². The number of nitrogens with one attached hydrogen (secondary N) is 1. The number of amides is 1. The van der Waals surface area contributed by atoms with Crippen LogP contribution in [-0.4, -0.2) is 43.8 Å². The Kier molecular flexibility index (Phi) is 4.29. The van der Waals surface area contributed by atoms with Gasteiger partial charge in [-0.05, 0) is 18.9 Å². The molecule has 8 heteroatoms. The Morgan fingerprint density at radius 2 is 2.00 bits per heavy atom. The molecule has 0 bridgehead atoms. The Morgan fingerprint density at radius 3 is 2.57 bits per heavy atom. The zero-order valence-electron chi connectivity index (χ0n) is 11.6. The van der Waals surface area contributed by atoms with Gasteiger partial charge < -0.3 is 4.74 Å². The molecule has 1 amide bonds. The first kappa shape index (κ1) is 15.5. The fraction of sp³-hybridized carbons (Fsp3) is 0.385. The maximum absolute atomic E-state index is 12.3. The van der Waals surface area contributed by atoms with Crippen LogP contribution in [0.15, 0.2) is 30.3 Å². The Bertz CT molecular complexity index is 644. The topological polar surface area (TPSA) is 92.8 Å². The minimum absolute atomic E-state index is 0.225. The van der Waals surface area contributed by atoms with Gasteiger partial charge in [0.1, 0.15) is 12.1 Å². The zero-order valence-corrected chi connectivity index (χ0v) is 12.5. The predicted molar refractivity (Wildman–Crippen MR) is 74.3 cm³/mol. The molecule has 1 saturated heterocycles. The number of ether oxygens (including phenoxy) is 1. The van der Waals surface area contributed by atoms with Crippen molar-refractivity contribution in [2.24, 2.45) is 0 Å². The third-order valence-electron chi connectivity index (χ3n) is 3.24. The van der Waals surface area contributed by atoms with Crippen LogP contribution in [0, 0.1) is 0 Å². The molecule has 0 unspecified atom stereocenters. The summed E-state index contributed by atoms with van der Waals surface area (Å²) in [5.41, 5.74) is 0.825. The van der Waals surface area contributed by atoms with E-state index in [1.54, 1.807) is 24.3 Å². The highest BCUT2D eigenvalue weighted by atomic mass is 32.2. The molecule has 7 nitrogen and oxygen atoms in total. The maximum atomic E-state index is 12.3. The number of hydrogen-bond donors (Lipinski definition) is 1. The van der Waals surface area contributed by atoms with Crippen molar-refractivity contribution in [1.82, 2.24) is 9.03 Å². The standard InChI is InChI=1S/C13H16N2O5S/c1-9(13(17)20-2)15-12(16)11(14-21(15,18)19)8-10-6-4-3-5-7-10/h3-7,9,11,14H,8H2,1-2H3/t9-,11-/m0/s1. The molecule has 21 heavy (non-hydrogen) atoms. The van der Waals surface area contributed by atoms with E-state index in [1.807, 2.05) is 6.07 Å². The highest BCUT2D eigenvalue weighted by Gasteiger charge is 2.47. The summed E-state index contributed by atoms with van der Waals surface area (Å²) in [6.45, 7) is 1.31. The van der Waals surface area contributed by atoms with Gasteiger partial charge in [-0.25, -0.2) is 9.10 Å². The van der Waals surface area contributed by atoms with E-state index in [9.17, 15) is 18.0 Å². The lowest BCUT2D eigenvalue weighted by Crippen LogP contribution is -2.44. The van der Waals surface area contributed by atoms with E-state index in [0.717, 1.165) is 12.7 Å². The average molecular weight is 312 g/mol. The van der Waals surface area contributed by atoms with E-state index in [-0.39, 0.29) is 6.42 Å². The number of esters is 1. The van der Waals surface area contributed by atoms with Crippen molar-refractivity contribution >= 4 is 22.1 Å². The van der Waals surface area contributed by atoms with E-state index in [1.165, 1.54) is 6.92 Å². The van der Waals surface area contributed by atoms with Gasteiger partial charge in [0.25, 0.3) is 5.91 Å². The first-order chi connectivity index (χ1) is 9.86. The number of benzene rings is 1. The van der Waals surface area contributed by atoms with Crippen molar-refractivity contribution in [3.8, 4) is 0 Å². The number of methoxy groups -OCH3 is 1. The van der Waals surface area contributed by atoms with Gasteiger partial charge in [0.15, 0.2) is 0 Å². The first-order valence-corrected chi connectivity index (χ1v) is 7.78. The van der Waals surface area contributed by atoms with E-state index in [0.29, 0.717) is 4.31 Å². The van der Waals surface area contributed by atoms with Gasteiger partial charge >= 0.3 is 16.2 Å². The van der Waals surface area contributed by atoms with Crippen LogP contribution >= 0.6 is 0 Å². The Morgan fingerprint density at radius 1 is 1.38 bits per heavy atom. The van der Waals surface area contributed by atoms with E-state index in [4.69, 9.17) is 0 Å². The fourth-order valence-electron chi connectivity index (χ4n) is 2.20. The predicted octanol–water partition coefficient (Wildman–Crippen LogP) is -0.164. The summed E-state index contributed by atoms with van der Waals surface area (Å²) in [7, 11) is -2.89. The molecule has 114 valence electrons. The molecule has 1 aromatic carbocycles. The first-order valence-electron chi connectivity index (χ1n) is 6.34. The highest BCUT2D eigenvalue weighted by molar-refractivity contribution is 7.88. The molecule has 0 saturated carbocycles. The van der Waals surface area contributed by atoms with E-state index < -0.39 is 34.2 Å². The smallest absolute Gasteiger partial charge is 0.329 e. The number of nitrogens with zero attached hydrogens (tertiary/aromatic N) is 1. The molecule has 1 aliphatic rings. The van der Waals surface area contributed by atoms with Gasteiger partial charge in [0.2, 0.25) is 0 Å². The van der Waals surface area contributed by atoms with Crippen LogP contribution in [-0.2, 0) is 31.0 Å². The van der Waals surface area contributed by atoms with Crippen LogP contribution in [0.4, 0.5) is 0 Å². The van der Waals surface area contributed by atoms with Gasteiger partial charge in [0, 0.05) is 0 Å². The Balaban J connectivity index is 2.22. The normalized spacial score (nSPS) is 22.1. The molecule has 0 spiro atoms. The van der Waals surface area contributed by atoms with Crippen LogP contribution in [0.3, 0.4) is 0 Å². The average Bonchev–Trinajstić information content (AvgIpc) is 2.67. The lowest BCUT2D eigenvalue weighted by Gasteiger charge is -2.19. The van der Waals surface area contributed by atoms with Crippen LogP contribution in [0.1, 0.15) is 12.5 Å². The molecule has 1 N–H and O–H groups in total. The molecule has 1 aromatic rings. The molecule has 2 atom stereocenters. The second-order valence-electron chi connectivity index (χ2n) is 4.70. The summed E-state index contributed by atoms with van der Waals surface area (Å²) >= 11 is 0. The monoisotopic (exact) mass is 312 g/mol. The van der Waals surface area contributed by atoms with Crippen molar-refractivity contribution in [2.45, 2.75) is 25.4 Å². The lowest BCUT2D eigenvalue weighted by molar-refractivity contribution is -0.148. The molecule has 0 aliphatic carbocycles. The summed E-state index contributed by atoms with van der Waals surface area (Å²) in [6, 6.07) is 6.93. The number of rotatable bonds is 4. The van der Waals surface area contributed by atoms with Crippen molar-refractivity contribution < 1.29 is 22.7 Å². The largest absolute Gasteiger partial charge is 0.467 e. The quantitative estimate of drug-likeness (QED) is 0.780. The van der Waals surface area contributed by atoms with Crippen LogP contribution in [0.25, 0.3) is 0 Å². The maximum Gasteiger partial charge on any atom is 0.329 e. The highest BCUT2D eigenvalue weighted by Crippen LogP contribution is 2.19. The molecule has 0 radical (unpaired) electrons. The number of carbonyl (C=O) groups excluding carboxylic acids is 2. The molecule has 2 rings (SSSR count). The Hall–Kier alpha value is -1.93. The van der Waals surface area contributed by atoms with Gasteiger partial charge in [-0.2, -0.15) is 13.1 Å². The SMILES string of the molecule is COC(=O)[C@H](C)N1C(=O)[C@H](Cc2ccccc2)NS1(=O)=O. The zero-order chi connectivity index (χ0) is 15.6. The summed E-state index contributed by atoms with van der Waals surface area (Å²) in [6.07, 6.45) is 0.225. The lowest BCUT2D eigenvalue weighted by atomic mass is 10.1. The van der Waals surface area contributed by atoms with E-state index >= 15 is 0 Å². The van der Waals surface area contributed by atoms with E-state index in [2.05, 4.69) is 9.46 Å². The molecule has 1 fully saturated rings. The second kappa shape index (κ2) is 5.82. The third-order valence-corrected chi connectivity index (χ3v) is 4.84. The number of hydrogen-bond acceptors (Lipinski definition) is 5. The van der Waals surface area contributed by atoms with Crippen LogP contribution in [0.5, 0.6) is 0 Å². The van der Waals surface area contributed by atoms with Crippen molar-refractivity contribution in [3.05, 3.63) is 35.9 Å². The van der Waals surface area contributed by atoms with Gasteiger partial charge in [-0.15, -0.1) is 0 Å². The summed E-state index contributed by atoms with van der Waals surface area (Å²) in [4.78, 5) is 23.8. The van der Waals surface area contributed by atoms with Crippen molar-refractivity contribution in [1.29, 1.82) is 0 Å². The molecule has 0 aromatic heterocycles. The molecule has 1 heterocycles. The van der Waals surface area contributed by atoms with Crippen molar-refractivity contribution in [3.63, 3.8) is 0 Å². The van der Waals surface area contributed by atoms with Crippen LogP contribution in [0.2, 0.25) is 0 Å². The van der Waals surface area contributed by atoms with Gasteiger partial charge in [-0.3, -0.25) is 4.79 Å². The fourth-order valence-corrected chi connectivity index (χ4v) is 3.73. The molecular formula is C13H16N2O5S. The number of carbonyl (C=O) groups is 2. The summed E-state index contributed by atoms with van der Waals surface area (Å²) in [5, 5.41) is 0. The van der Waals surface area contributed by atoms with Gasteiger partial charge in [0.05, 0.1) is 7.11 Å². The minimum atomic E-state index is -4.03. The Labute approximate surface area is 123 Å². The summed E-state index contributed by atoms with van der Waals surface area (Å²) in [5.74, 6) is -1.44.